The first-order chi connectivity index (χ1) is 21.0. The second-order valence-electron chi connectivity index (χ2n) is 13.3. The number of carbonyl (C=O) groups excluding carboxylic acids is 4. The first-order valence-corrected chi connectivity index (χ1v) is 15.3. The lowest BCUT2D eigenvalue weighted by molar-refractivity contribution is -0.138. The van der Waals surface area contributed by atoms with Gasteiger partial charge in [-0.3, -0.25) is 14.4 Å². The second-order valence-corrected chi connectivity index (χ2v) is 13.3. The highest BCUT2D eigenvalue weighted by molar-refractivity contribution is 5.97. The largest absolute Gasteiger partial charge is 0.507 e. The molecule has 0 aliphatic heterocycles. The Morgan fingerprint density at radius 2 is 1.40 bits per heavy atom. The van der Waals surface area contributed by atoms with E-state index in [-0.39, 0.29) is 35.0 Å². The van der Waals surface area contributed by atoms with Crippen molar-refractivity contribution >= 4 is 35.1 Å². The SMILES string of the molecule is CN(CCN(C)C(=O)C(C)(C)C)C(=O)OCc1ccc(N=Nc2ccc(O)c(C(=O)NCCCCCC(=O)C(C)(C)C)c2)cc1. The molecule has 0 aliphatic carbocycles. The molecule has 0 fully saturated rings. The van der Waals surface area contributed by atoms with Gasteiger partial charge in [-0.15, -0.1) is 0 Å². The highest BCUT2D eigenvalue weighted by Gasteiger charge is 2.25. The van der Waals surface area contributed by atoms with Crippen molar-refractivity contribution in [3.05, 3.63) is 53.6 Å². The fourth-order valence-corrected chi connectivity index (χ4v) is 4.12. The Kier molecular flexibility index (Phi) is 13.7. The van der Waals surface area contributed by atoms with Gasteiger partial charge in [0.15, 0.2) is 0 Å². The van der Waals surface area contributed by atoms with Gasteiger partial charge in [0.05, 0.1) is 16.9 Å². The number of nitrogens with zero attached hydrogens (tertiary/aromatic N) is 4. The number of hydrogen-bond donors (Lipinski definition) is 2. The first-order valence-electron chi connectivity index (χ1n) is 15.3. The Labute approximate surface area is 267 Å². The molecular formula is C34H49N5O6. The summed E-state index contributed by atoms with van der Waals surface area (Å²) < 4.78 is 5.39. The number of Topliss-reactive ketones (excluding diaryl/α,β-unsaturated/α-hetero) is 1. The van der Waals surface area contributed by atoms with Gasteiger partial charge in [-0.05, 0) is 48.7 Å². The summed E-state index contributed by atoms with van der Waals surface area (Å²) in [5.74, 6) is -0.334. The normalized spacial score (nSPS) is 11.7. The number of azo groups is 1. The van der Waals surface area contributed by atoms with E-state index in [1.807, 2.05) is 41.5 Å². The molecule has 2 rings (SSSR count). The molecule has 0 atom stereocenters. The summed E-state index contributed by atoms with van der Waals surface area (Å²) >= 11 is 0. The molecule has 0 unspecified atom stereocenters. The molecule has 0 radical (unpaired) electrons. The predicted molar refractivity (Wildman–Crippen MR) is 174 cm³/mol. The molecule has 45 heavy (non-hydrogen) atoms. The average molecular weight is 624 g/mol. The van der Waals surface area contributed by atoms with E-state index in [0.29, 0.717) is 37.4 Å². The summed E-state index contributed by atoms with van der Waals surface area (Å²) in [5.41, 5.74) is 0.997. The van der Waals surface area contributed by atoms with Gasteiger partial charge in [-0.25, -0.2) is 4.79 Å². The topological polar surface area (TPSA) is 141 Å². The van der Waals surface area contributed by atoms with E-state index in [1.54, 1.807) is 49.3 Å². The molecule has 0 bridgehead atoms. The Hall–Kier alpha value is -4.28. The third-order valence-electron chi connectivity index (χ3n) is 7.08. The van der Waals surface area contributed by atoms with E-state index < -0.39 is 17.4 Å². The van der Waals surface area contributed by atoms with Crippen molar-refractivity contribution < 1.29 is 29.0 Å². The number of rotatable bonds is 14. The minimum absolute atomic E-state index is 0.00209. The van der Waals surface area contributed by atoms with Crippen molar-refractivity contribution in [1.82, 2.24) is 15.1 Å². The summed E-state index contributed by atoms with van der Waals surface area (Å²) in [6, 6.07) is 11.4. The molecule has 0 saturated heterocycles. The number of phenolic OH excluding ortho intramolecular Hbond substituents is 1. The smallest absolute Gasteiger partial charge is 0.409 e. The van der Waals surface area contributed by atoms with Gasteiger partial charge in [-0.1, -0.05) is 60.1 Å². The van der Waals surface area contributed by atoms with Crippen LogP contribution in [0.5, 0.6) is 5.75 Å². The third-order valence-corrected chi connectivity index (χ3v) is 7.08. The van der Waals surface area contributed by atoms with Crippen LogP contribution in [-0.2, 0) is 20.9 Å². The lowest BCUT2D eigenvalue weighted by atomic mass is 9.88. The molecule has 11 heteroatoms. The molecule has 11 nitrogen and oxygen atoms in total. The number of likely N-dealkylation sites (N-methyl/N-ethyl adjacent to an activating group) is 2. The summed E-state index contributed by atoms with van der Waals surface area (Å²) in [6.45, 7) is 12.5. The number of ether oxygens (including phenoxy) is 1. The molecule has 0 spiro atoms. The van der Waals surface area contributed by atoms with Gasteiger partial charge >= 0.3 is 6.09 Å². The molecular weight excluding hydrogens is 574 g/mol. The Balaban J connectivity index is 1.82. The summed E-state index contributed by atoms with van der Waals surface area (Å²) in [5, 5.41) is 21.4. The van der Waals surface area contributed by atoms with E-state index in [4.69, 9.17) is 4.74 Å². The summed E-state index contributed by atoms with van der Waals surface area (Å²) in [7, 11) is 3.34. The zero-order valence-corrected chi connectivity index (χ0v) is 28.0. The maximum atomic E-state index is 12.6. The summed E-state index contributed by atoms with van der Waals surface area (Å²) in [6.07, 6.45) is 2.36. The van der Waals surface area contributed by atoms with Crippen LogP contribution in [0.3, 0.4) is 0 Å². The van der Waals surface area contributed by atoms with Gasteiger partial charge in [0.25, 0.3) is 5.91 Å². The monoisotopic (exact) mass is 623 g/mol. The highest BCUT2D eigenvalue weighted by atomic mass is 16.6. The van der Waals surface area contributed by atoms with Gasteiger partial charge < -0.3 is 25.0 Å². The highest BCUT2D eigenvalue weighted by Crippen LogP contribution is 2.26. The van der Waals surface area contributed by atoms with Gasteiger partial charge in [0.2, 0.25) is 5.91 Å². The number of carbonyl (C=O) groups is 4. The van der Waals surface area contributed by atoms with Crippen LogP contribution < -0.4 is 5.32 Å². The van der Waals surface area contributed by atoms with Crippen molar-refractivity contribution in [2.75, 3.05) is 33.7 Å². The van der Waals surface area contributed by atoms with Gasteiger partial charge in [0.1, 0.15) is 18.1 Å². The van der Waals surface area contributed by atoms with Crippen molar-refractivity contribution in [3.8, 4) is 5.75 Å². The number of ketones is 1. The number of amides is 3. The Morgan fingerprint density at radius 1 is 0.800 bits per heavy atom. The average Bonchev–Trinajstić information content (AvgIpc) is 2.98. The number of unbranched alkanes of at least 4 members (excludes halogenated alkanes) is 2. The van der Waals surface area contributed by atoms with E-state index in [1.165, 1.54) is 17.0 Å². The Bertz CT molecular complexity index is 1340. The number of benzene rings is 2. The Morgan fingerprint density at radius 3 is 2.02 bits per heavy atom. The minimum Gasteiger partial charge on any atom is -0.507 e. The second kappa shape index (κ2) is 16.7. The van der Waals surface area contributed by atoms with E-state index in [0.717, 1.165) is 24.8 Å². The molecule has 3 amide bonds. The lowest BCUT2D eigenvalue weighted by Crippen LogP contribution is -2.41. The van der Waals surface area contributed by atoms with Gasteiger partial charge in [-0.2, -0.15) is 10.2 Å². The maximum absolute atomic E-state index is 12.6. The molecule has 246 valence electrons. The molecule has 2 aromatic carbocycles. The number of nitrogens with one attached hydrogen (secondary N) is 1. The lowest BCUT2D eigenvalue weighted by Gasteiger charge is -2.27. The fourth-order valence-electron chi connectivity index (χ4n) is 4.12. The molecule has 2 N–H and O–H groups in total. The maximum Gasteiger partial charge on any atom is 0.409 e. The van der Waals surface area contributed by atoms with Crippen LogP contribution >= 0.6 is 0 Å². The molecule has 0 aromatic heterocycles. The van der Waals surface area contributed by atoms with Crippen LogP contribution in [0.1, 0.15) is 83.1 Å². The summed E-state index contributed by atoms with van der Waals surface area (Å²) in [4.78, 5) is 52.4. The van der Waals surface area contributed by atoms with Crippen LogP contribution in [0.15, 0.2) is 52.7 Å². The number of hydrogen-bond acceptors (Lipinski definition) is 8. The van der Waals surface area contributed by atoms with Gasteiger partial charge in [0, 0.05) is 51.0 Å². The molecule has 0 heterocycles. The quantitative estimate of drug-likeness (QED) is 0.175. The molecule has 2 aromatic rings. The molecule has 0 saturated carbocycles. The van der Waals surface area contributed by atoms with Crippen LogP contribution in [0.4, 0.5) is 16.2 Å². The van der Waals surface area contributed by atoms with Crippen LogP contribution in [0.2, 0.25) is 0 Å². The number of phenols is 1. The zero-order chi connectivity index (χ0) is 33.8. The van der Waals surface area contributed by atoms with E-state index >= 15 is 0 Å². The van der Waals surface area contributed by atoms with E-state index in [2.05, 4.69) is 15.5 Å². The zero-order valence-electron chi connectivity index (χ0n) is 28.0. The van der Waals surface area contributed by atoms with Crippen molar-refractivity contribution in [2.45, 2.75) is 73.8 Å². The predicted octanol–water partition coefficient (Wildman–Crippen LogP) is 6.79. The number of aromatic hydroxyl groups is 1. The van der Waals surface area contributed by atoms with Crippen LogP contribution in [0, 0.1) is 10.8 Å². The van der Waals surface area contributed by atoms with Crippen molar-refractivity contribution in [2.24, 2.45) is 21.1 Å². The fraction of sp³-hybridized carbons (Fsp3) is 0.529. The van der Waals surface area contributed by atoms with Crippen molar-refractivity contribution in [1.29, 1.82) is 0 Å². The first kappa shape index (κ1) is 36.9. The van der Waals surface area contributed by atoms with Crippen molar-refractivity contribution in [3.63, 3.8) is 0 Å². The minimum atomic E-state index is -0.491. The van der Waals surface area contributed by atoms with Crippen LogP contribution in [-0.4, -0.2) is 72.3 Å². The standard InChI is InChI=1S/C34H49N5O6/c1-33(2,3)29(41)12-10-9-11-19-35-30(42)27-22-26(17-18-28(27)40)37-36-25-15-13-24(14-16-25)23-45-32(44)39(8)21-20-38(7)31(43)34(4,5)6/h13-18,22,40H,9-12,19-21,23H2,1-8H3,(H,35,42). The van der Waals surface area contributed by atoms with Crippen LogP contribution in [0.25, 0.3) is 0 Å². The molecule has 0 aliphatic rings. The van der Waals surface area contributed by atoms with E-state index in [9.17, 15) is 24.3 Å². The third kappa shape index (κ3) is 12.7.